The van der Waals surface area contributed by atoms with Gasteiger partial charge in [-0.1, -0.05) is 36.4 Å². The normalized spacial score (nSPS) is 17.1. The summed E-state index contributed by atoms with van der Waals surface area (Å²) in [5, 5.41) is 7.54. The van der Waals surface area contributed by atoms with Gasteiger partial charge < -0.3 is 20.3 Å². The van der Waals surface area contributed by atoms with E-state index in [1.807, 2.05) is 0 Å². The topological polar surface area (TPSA) is 37.7 Å². The summed E-state index contributed by atoms with van der Waals surface area (Å²) in [4.78, 5) is 1.54. The molecule has 0 saturated carbocycles. The van der Waals surface area contributed by atoms with Crippen molar-refractivity contribution in [2.24, 2.45) is 0 Å². The Morgan fingerprint density at radius 2 is 1.67 bits per heavy atom. The zero-order valence-corrected chi connectivity index (χ0v) is 17.2. The largest absolute Gasteiger partial charge is 0.370 e. The Morgan fingerprint density at radius 3 is 2.30 bits per heavy atom. The maximum absolute atomic E-state index is 5.61. The summed E-state index contributed by atoms with van der Waals surface area (Å²) in [5.41, 5.74) is 4.83. The Balaban J connectivity index is 1.71. The summed E-state index contributed by atoms with van der Waals surface area (Å²) in [5.74, 6) is 0. The highest BCUT2D eigenvalue weighted by Gasteiger charge is 2.31. The number of aryl methyl sites for hydroxylation is 2. The number of hydrogen-bond donors (Lipinski definition) is 3. The molecule has 1 fully saturated rings. The lowest BCUT2D eigenvalue weighted by Gasteiger charge is -2.35. The number of anilines is 1. The van der Waals surface area contributed by atoms with E-state index in [-0.39, 0.29) is 6.04 Å². The van der Waals surface area contributed by atoms with Gasteiger partial charge in [0, 0.05) is 11.3 Å². The number of benzene rings is 2. The smallest absolute Gasteiger partial charge is 0.171 e. The molecule has 1 heterocycles. The first-order valence-corrected chi connectivity index (χ1v) is 10.1. The lowest BCUT2D eigenvalue weighted by atomic mass is 9.98. The first-order chi connectivity index (χ1) is 13.0. The molecule has 0 bridgehead atoms. The van der Waals surface area contributed by atoms with Crippen LogP contribution in [0.4, 0.5) is 5.69 Å². The minimum Gasteiger partial charge on any atom is -0.370 e. The second-order valence-electron chi connectivity index (χ2n) is 7.42. The number of nitrogens with one attached hydrogen (secondary N) is 3. The van der Waals surface area contributed by atoms with E-state index in [0.717, 1.165) is 32.0 Å². The van der Waals surface area contributed by atoms with Gasteiger partial charge in [-0.05, 0) is 56.2 Å². The number of rotatable bonds is 5. The molecular formula is C22H30N3OS+. The molecule has 2 atom stereocenters. The van der Waals surface area contributed by atoms with Gasteiger partial charge in [0.1, 0.15) is 19.1 Å². The van der Waals surface area contributed by atoms with Crippen LogP contribution in [-0.4, -0.2) is 37.5 Å². The van der Waals surface area contributed by atoms with E-state index < -0.39 is 0 Å². The molecule has 4 nitrogen and oxygen atoms in total. The molecule has 0 aromatic heterocycles. The highest BCUT2D eigenvalue weighted by molar-refractivity contribution is 7.80. The van der Waals surface area contributed by atoms with Crippen LogP contribution in [0.15, 0.2) is 48.5 Å². The van der Waals surface area contributed by atoms with Crippen molar-refractivity contribution in [1.82, 2.24) is 5.32 Å². The second kappa shape index (κ2) is 9.31. The number of quaternary nitrogens is 1. The fourth-order valence-electron chi connectivity index (χ4n) is 3.99. The van der Waals surface area contributed by atoms with Crippen LogP contribution < -0.4 is 15.5 Å². The highest BCUT2D eigenvalue weighted by atomic mass is 32.1. The Kier molecular flexibility index (Phi) is 6.83. The van der Waals surface area contributed by atoms with Crippen LogP contribution in [0.1, 0.15) is 29.7 Å². The molecule has 5 heteroatoms. The zero-order valence-electron chi connectivity index (χ0n) is 16.4. The van der Waals surface area contributed by atoms with Gasteiger partial charge in [-0.25, -0.2) is 0 Å². The van der Waals surface area contributed by atoms with Gasteiger partial charge in [0.15, 0.2) is 5.11 Å². The van der Waals surface area contributed by atoms with Crippen molar-refractivity contribution in [3.8, 4) is 0 Å². The van der Waals surface area contributed by atoms with Gasteiger partial charge in [0.25, 0.3) is 0 Å². The maximum atomic E-state index is 5.61. The van der Waals surface area contributed by atoms with Crippen LogP contribution in [0.25, 0.3) is 0 Å². The summed E-state index contributed by atoms with van der Waals surface area (Å²) in [6.45, 7) is 10.1. The lowest BCUT2D eigenvalue weighted by Crippen LogP contribution is -3.15. The SMILES string of the molecule is Cc1cc(C)cc(NC(=S)N[C@H](C)[C@H](c2ccccc2)[NH+]2CCOCC2)c1. The number of ether oxygens (including phenoxy) is 1. The summed E-state index contributed by atoms with van der Waals surface area (Å²) in [6, 6.07) is 17.7. The maximum Gasteiger partial charge on any atom is 0.171 e. The first-order valence-electron chi connectivity index (χ1n) is 9.66. The van der Waals surface area contributed by atoms with E-state index in [2.05, 4.69) is 79.9 Å². The van der Waals surface area contributed by atoms with Gasteiger partial charge in [0.2, 0.25) is 0 Å². The minimum absolute atomic E-state index is 0.200. The third kappa shape index (κ3) is 5.51. The molecular weight excluding hydrogens is 354 g/mol. The van der Waals surface area contributed by atoms with E-state index in [1.54, 1.807) is 4.90 Å². The fraction of sp³-hybridized carbons (Fsp3) is 0.409. The molecule has 27 heavy (non-hydrogen) atoms. The van der Waals surface area contributed by atoms with Crippen LogP contribution in [0, 0.1) is 13.8 Å². The molecule has 0 aliphatic carbocycles. The second-order valence-corrected chi connectivity index (χ2v) is 7.83. The van der Waals surface area contributed by atoms with Gasteiger partial charge in [-0.3, -0.25) is 0 Å². The van der Waals surface area contributed by atoms with Gasteiger partial charge in [-0.2, -0.15) is 0 Å². The average molecular weight is 385 g/mol. The first kappa shape index (κ1) is 19.8. The van der Waals surface area contributed by atoms with Crippen LogP contribution in [-0.2, 0) is 4.74 Å². The molecule has 0 radical (unpaired) electrons. The van der Waals surface area contributed by atoms with Crippen LogP contribution in [0.2, 0.25) is 0 Å². The average Bonchev–Trinajstić information content (AvgIpc) is 2.62. The Morgan fingerprint density at radius 1 is 1.04 bits per heavy atom. The highest BCUT2D eigenvalue weighted by Crippen LogP contribution is 2.16. The quantitative estimate of drug-likeness (QED) is 0.693. The number of hydrogen-bond acceptors (Lipinski definition) is 2. The van der Waals surface area contributed by atoms with E-state index >= 15 is 0 Å². The molecule has 3 rings (SSSR count). The van der Waals surface area contributed by atoms with Crippen molar-refractivity contribution in [3.63, 3.8) is 0 Å². The van der Waals surface area contributed by atoms with Crippen LogP contribution in [0.5, 0.6) is 0 Å². The van der Waals surface area contributed by atoms with E-state index in [4.69, 9.17) is 17.0 Å². The van der Waals surface area contributed by atoms with Crippen LogP contribution >= 0.6 is 12.2 Å². The molecule has 2 aromatic rings. The Hall–Kier alpha value is -1.95. The predicted molar refractivity (Wildman–Crippen MR) is 115 cm³/mol. The van der Waals surface area contributed by atoms with E-state index in [9.17, 15) is 0 Å². The van der Waals surface area contributed by atoms with Gasteiger partial charge in [0.05, 0.1) is 19.3 Å². The molecule has 2 aromatic carbocycles. The summed E-state index contributed by atoms with van der Waals surface area (Å²) in [6.07, 6.45) is 0. The molecule has 1 aliphatic heterocycles. The number of morpholine rings is 1. The third-order valence-electron chi connectivity index (χ3n) is 5.07. The third-order valence-corrected chi connectivity index (χ3v) is 5.29. The monoisotopic (exact) mass is 384 g/mol. The summed E-state index contributed by atoms with van der Waals surface area (Å²) in [7, 11) is 0. The standard InChI is InChI=1S/C22H29N3OS/c1-16-13-17(2)15-20(14-16)24-22(27)23-18(3)21(19-7-5-4-6-8-19)25-9-11-26-12-10-25/h4-8,13-15,18,21H,9-12H2,1-3H3,(H2,23,24,27)/p+1/t18-,21-/m1/s1. The predicted octanol–water partition coefficient (Wildman–Crippen LogP) is 2.63. The van der Waals surface area contributed by atoms with Gasteiger partial charge >= 0.3 is 0 Å². The van der Waals surface area contributed by atoms with Crippen molar-refractivity contribution >= 4 is 23.0 Å². The molecule has 3 N–H and O–H groups in total. The fourth-order valence-corrected chi connectivity index (χ4v) is 4.29. The number of thiocarbonyl (C=S) groups is 1. The van der Waals surface area contributed by atoms with Crippen molar-refractivity contribution in [2.45, 2.75) is 32.9 Å². The van der Waals surface area contributed by atoms with Crippen molar-refractivity contribution in [3.05, 3.63) is 65.2 Å². The summed E-state index contributed by atoms with van der Waals surface area (Å²) < 4.78 is 5.57. The molecule has 0 unspecified atom stereocenters. The minimum atomic E-state index is 0.200. The molecule has 1 saturated heterocycles. The Bertz CT molecular complexity index is 739. The van der Waals surface area contributed by atoms with Gasteiger partial charge in [-0.15, -0.1) is 0 Å². The molecule has 144 valence electrons. The van der Waals surface area contributed by atoms with E-state index in [1.165, 1.54) is 16.7 Å². The summed E-state index contributed by atoms with van der Waals surface area (Å²) >= 11 is 5.61. The zero-order chi connectivity index (χ0) is 19.2. The van der Waals surface area contributed by atoms with Crippen molar-refractivity contribution < 1.29 is 9.64 Å². The lowest BCUT2D eigenvalue weighted by molar-refractivity contribution is -0.940. The molecule has 1 aliphatic rings. The Labute approximate surface area is 167 Å². The molecule has 0 spiro atoms. The van der Waals surface area contributed by atoms with E-state index in [0.29, 0.717) is 11.2 Å². The molecule has 0 amide bonds. The van der Waals surface area contributed by atoms with Crippen molar-refractivity contribution in [2.75, 3.05) is 31.6 Å². The van der Waals surface area contributed by atoms with Crippen LogP contribution in [0.3, 0.4) is 0 Å². The van der Waals surface area contributed by atoms with Crippen molar-refractivity contribution in [1.29, 1.82) is 0 Å².